The number of ether oxygens (including phenoxy) is 1. The van der Waals surface area contributed by atoms with Gasteiger partial charge in [-0.15, -0.1) is 0 Å². The summed E-state index contributed by atoms with van der Waals surface area (Å²) < 4.78 is 63.8. The number of amides is 2. The Morgan fingerprint density at radius 1 is 0.960 bits per heavy atom. The van der Waals surface area contributed by atoms with Crippen LogP contribution in [0.2, 0.25) is 0 Å². The van der Waals surface area contributed by atoms with Crippen LogP contribution in [-0.2, 0) is 25.0 Å². The lowest BCUT2D eigenvalue weighted by Crippen LogP contribution is -2.54. The lowest BCUT2D eigenvalue weighted by molar-refractivity contribution is -0.136. The molecule has 2 fully saturated rings. The van der Waals surface area contributed by atoms with Gasteiger partial charge in [0.2, 0.25) is 5.91 Å². The molecular weight excluding hydrogens is 664 g/mol. The number of piperazine rings is 1. The molecule has 10 nitrogen and oxygen atoms in total. The van der Waals surface area contributed by atoms with Crippen molar-refractivity contribution in [3.05, 3.63) is 89.0 Å². The third kappa shape index (κ3) is 6.36. The topological polar surface area (TPSA) is 114 Å². The molecular formula is C37H41F2N5O5S. The van der Waals surface area contributed by atoms with Gasteiger partial charge in [0.1, 0.15) is 27.7 Å². The Kier molecular flexibility index (Phi) is 10.3. The van der Waals surface area contributed by atoms with Crippen LogP contribution in [0.3, 0.4) is 0 Å². The molecule has 1 atom stereocenters. The van der Waals surface area contributed by atoms with Crippen molar-refractivity contribution >= 4 is 27.5 Å². The minimum absolute atomic E-state index is 0.105. The number of hydrogen-bond acceptors (Lipinski definition) is 8. The van der Waals surface area contributed by atoms with Crippen LogP contribution < -0.4 is 9.04 Å². The first-order valence-corrected chi connectivity index (χ1v) is 18.5. The van der Waals surface area contributed by atoms with E-state index < -0.39 is 44.3 Å². The van der Waals surface area contributed by atoms with Crippen LogP contribution in [0.4, 0.5) is 14.5 Å². The number of halogens is 2. The molecule has 3 heterocycles. The fourth-order valence-electron chi connectivity index (χ4n) is 7.66. The first-order valence-electron chi connectivity index (χ1n) is 17.1. The first-order chi connectivity index (χ1) is 24.0. The van der Waals surface area contributed by atoms with Gasteiger partial charge in [0.05, 0.1) is 23.9 Å². The average Bonchev–Trinajstić information content (AvgIpc) is 3.36. The first kappa shape index (κ1) is 35.4. The Morgan fingerprint density at radius 2 is 1.68 bits per heavy atom. The molecule has 50 heavy (non-hydrogen) atoms. The smallest absolute Gasteiger partial charge is 0.273 e. The van der Waals surface area contributed by atoms with Crippen LogP contribution in [0.1, 0.15) is 56.2 Å². The van der Waals surface area contributed by atoms with Crippen molar-refractivity contribution in [1.29, 1.82) is 5.26 Å². The van der Waals surface area contributed by atoms with Crippen LogP contribution in [0.25, 0.3) is 0 Å². The van der Waals surface area contributed by atoms with Gasteiger partial charge >= 0.3 is 0 Å². The predicted octanol–water partition coefficient (Wildman–Crippen LogP) is 4.67. The van der Waals surface area contributed by atoms with Gasteiger partial charge in [0, 0.05) is 63.4 Å². The summed E-state index contributed by atoms with van der Waals surface area (Å²) in [5.41, 5.74) is -1.60. The fourth-order valence-corrected chi connectivity index (χ4v) is 9.19. The van der Waals surface area contributed by atoms with E-state index in [2.05, 4.69) is 16.7 Å². The van der Waals surface area contributed by atoms with Gasteiger partial charge in [0.25, 0.3) is 15.9 Å². The molecule has 2 saturated heterocycles. The summed E-state index contributed by atoms with van der Waals surface area (Å²) in [5, 5.41) is 9.88. The molecule has 3 aliphatic rings. The number of benzene rings is 3. The molecule has 264 valence electrons. The van der Waals surface area contributed by atoms with Crippen molar-refractivity contribution in [2.45, 2.75) is 55.9 Å². The normalized spacial score (nSPS) is 20.5. The highest BCUT2D eigenvalue weighted by Crippen LogP contribution is 2.53. The molecule has 0 saturated carbocycles. The van der Waals surface area contributed by atoms with Gasteiger partial charge in [-0.2, -0.15) is 5.26 Å². The van der Waals surface area contributed by atoms with Gasteiger partial charge in [-0.1, -0.05) is 25.1 Å². The molecule has 0 aliphatic carbocycles. The maximum absolute atomic E-state index is 15.1. The molecule has 0 N–H and O–H groups in total. The quantitative estimate of drug-likeness (QED) is 0.299. The molecule has 13 heteroatoms. The molecule has 3 aromatic rings. The fraction of sp³-hybridized carbons (Fsp3) is 0.432. The van der Waals surface area contributed by atoms with E-state index in [-0.39, 0.29) is 40.6 Å². The number of para-hydroxylation sites is 1. The van der Waals surface area contributed by atoms with E-state index in [9.17, 15) is 22.9 Å². The van der Waals surface area contributed by atoms with Crippen molar-refractivity contribution in [1.82, 2.24) is 14.7 Å². The minimum atomic E-state index is -4.98. The maximum atomic E-state index is 15.1. The van der Waals surface area contributed by atoms with Crippen LogP contribution in [0.15, 0.2) is 65.6 Å². The number of nitriles is 1. The second-order valence-electron chi connectivity index (χ2n) is 13.0. The van der Waals surface area contributed by atoms with Crippen LogP contribution in [0, 0.1) is 23.0 Å². The van der Waals surface area contributed by atoms with Crippen molar-refractivity contribution in [2.24, 2.45) is 0 Å². The van der Waals surface area contributed by atoms with E-state index >= 15 is 9.18 Å². The zero-order valence-electron chi connectivity index (χ0n) is 28.3. The van der Waals surface area contributed by atoms with Gasteiger partial charge in [-0.25, -0.2) is 21.5 Å². The molecule has 3 aliphatic heterocycles. The number of likely N-dealkylation sites (tertiary alicyclic amines) is 1. The molecule has 2 amide bonds. The summed E-state index contributed by atoms with van der Waals surface area (Å²) in [6.07, 6.45) is 2.18. The summed E-state index contributed by atoms with van der Waals surface area (Å²) in [4.78, 5) is 35.2. The van der Waals surface area contributed by atoms with E-state index in [0.717, 1.165) is 64.1 Å². The molecule has 0 radical (unpaired) electrons. The zero-order chi connectivity index (χ0) is 35.6. The lowest BCUT2D eigenvalue weighted by Gasteiger charge is -2.43. The Hall–Kier alpha value is -4.38. The predicted molar refractivity (Wildman–Crippen MR) is 183 cm³/mol. The number of rotatable bonds is 10. The van der Waals surface area contributed by atoms with E-state index in [1.54, 1.807) is 36.1 Å². The van der Waals surface area contributed by atoms with Crippen molar-refractivity contribution in [3.63, 3.8) is 0 Å². The van der Waals surface area contributed by atoms with E-state index in [0.29, 0.717) is 29.5 Å². The molecule has 0 aromatic heterocycles. The highest BCUT2D eigenvalue weighted by atomic mass is 32.2. The maximum Gasteiger partial charge on any atom is 0.273 e. The SMILES string of the molecule is CCCN1CCN(C2CCN(C(=O)CC3(c4ccccc4OCC)C(=O)N(S(=O)(=O)c4ccc(F)cc4F)c4ccc(C#N)cc43)CC2)CC1. The monoisotopic (exact) mass is 705 g/mol. The number of anilines is 1. The van der Waals surface area contributed by atoms with Crippen LogP contribution in [0.5, 0.6) is 5.75 Å². The van der Waals surface area contributed by atoms with E-state index in [1.807, 2.05) is 6.07 Å². The number of sulfonamides is 1. The second kappa shape index (κ2) is 14.5. The van der Waals surface area contributed by atoms with Gasteiger partial charge in [-0.3, -0.25) is 14.5 Å². The number of carbonyl (C=O) groups excluding carboxylic acids is 2. The Balaban J connectivity index is 1.39. The third-order valence-electron chi connectivity index (χ3n) is 10.1. The van der Waals surface area contributed by atoms with Gasteiger partial charge in [0.15, 0.2) is 0 Å². The summed E-state index contributed by atoms with van der Waals surface area (Å²) >= 11 is 0. The Bertz CT molecular complexity index is 1920. The number of fused-ring (bicyclic) bond motifs is 1. The highest BCUT2D eigenvalue weighted by molar-refractivity contribution is 7.93. The average molecular weight is 706 g/mol. The number of hydrogen-bond donors (Lipinski definition) is 0. The molecule has 3 aromatic carbocycles. The van der Waals surface area contributed by atoms with E-state index in [1.165, 1.54) is 18.2 Å². The van der Waals surface area contributed by atoms with E-state index in [4.69, 9.17) is 4.74 Å². The van der Waals surface area contributed by atoms with Gasteiger partial charge in [-0.05, 0) is 74.7 Å². The second-order valence-corrected chi connectivity index (χ2v) is 14.7. The zero-order valence-corrected chi connectivity index (χ0v) is 29.1. The molecule has 0 bridgehead atoms. The Labute approximate surface area is 291 Å². The van der Waals surface area contributed by atoms with Crippen LogP contribution >= 0.6 is 0 Å². The van der Waals surface area contributed by atoms with Crippen LogP contribution in [-0.4, -0.2) is 93.4 Å². The summed E-state index contributed by atoms with van der Waals surface area (Å²) in [6.45, 7) is 10.1. The largest absolute Gasteiger partial charge is 0.494 e. The molecule has 6 rings (SSSR count). The van der Waals surface area contributed by atoms with Crippen molar-refractivity contribution < 1.29 is 31.5 Å². The van der Waals surface area contributed by atoms with Gasteiger partial charge < -0.3 is 14.5 Å². The number of carbonyl (C=O) groups is 2. The summed E-state index contributed by atoms with van der Waals surface area (Å²) in [6, 6.07) is 15.1. The summed E-state index contributed by atoms with van der Waals surface area (Å²) in [5.74, 6) is -3.48. The molecule has 1 unspecified atom stereocenters. The Morgan fingerprint density at radius 3 is 2.34 bits per heavy atom. The lowest BCUT2D eigenvalue weighted by atomic mass is 9.71. The number of nitrogens with zero attached hydrogens (tertiary/aromatic N) is 5. The standard InChI is InChI=1S/C37H41F2N5O5S/c1-3-15-41-18-20-42(21-19-41)28-13-16-43(17-14-28)35(45)24-37(29-7-5-6-8-33(29)49-4-2)30-22-26(25-40)9-11-32(30)44(36(37)46)50(47,48)34-12-10-27(38)23-31(34)39/h5-12,22-23,28H,3-4,13-21,24H2,1-2H3. The van der Waals surface area contributed by atoms with Crippen molar-refractivity contribution in [3.8, 4) is 11.8 Å². The summed E-state index contributed by atoms with van der Waals surface area (Å²) in [7, 11) is -4.98. The molecule has 0 spiro atoms. The number of piperidine rings is 1. The van der Waals surface area contributed by atoms with Crippen molar-refractivity contribution in [2.75, 3.05) is 56.7 Å². The third-order valence-corrected chi connectivity index (χ3v) is 11.8. The minimum Gasteiger partial charge on any atom is -0.494 e. The highest BCUT2D eigenvalue weighted by Gasteiger charge is 2.58.